The summed E-state index contributed by atoms with van der Waals surface area (Å²) in [6, 6.07) is 7.74. The second kappa shape index (κ2) is 5.04. The molecule has 21 heavy (non-hydrogen) atoms. The predicted octanol–water partition coefficient (Wildman–Crippen LogP) is 3.39. The summed E-state index contributed by atoms with van der Waals surface area (Å²) in [7, 11) is 1.59. The van der Waals surface area contributed by atoms with E-state index in [0.717, 1.165) is 26.8 Å². The number of methoxy groups -OCH3 is 1. The van der Waals surface area contributed by atoms with Crippen LogP contribution in [-0.4, -0.2) is 21.6 Å². The van der Waals surface area contributed by atoms with Crippen LogP contribution in [0, 0.1) is 13.8 Å². The number of pyridine rings is 1. The molecule has 5 nitrogen and oxygen atoms in total. The first kappa shape index (κ1) is 13.9. The molecule has 108 valence electrons. The summed E-state index contributed by atoms with van der Waals surface area (Å²) in [6.45, 7) is 4.08. The van der Waals surface area contributed by atoms with Gasteiger partial charge < -0.3 is 10.5 Å². The van der Waals surface area contributed by atoms with Crippen LogP contribution in [0.15, 0.2) is 28.7 Å². The van der Waals surface area contributed by atoms with Crippen LogP contribution >= 0.6 is 15.9 Å². The molecule has 0 bridgehead atoms. The van der Waals surface area contributed by atoms with Gasteiger partial charge >= 0.3 is 0 Å². The molecule has 0 unspecified atom stereocenters. The van der Waals surface area contributed by atoms with Gasteiger partial charge in [0.25, 0.3) is 0 Å². The molecule has 1 aromatic carbocycles. The van der Waals surface area contributed by atoms with Crippen molar-refractivity contribution >= 4 is 33.0 Å². The molecule has 0 radical (unpaired) electrons. The van der Waals surface area contributed by atoms with Gasteiger partial charge in [0.15, 0.2) is 5.65 Å². The maximum absolute atomic E-state index is 6.11. The molecule has 0 spiro atoms. The van der Waals surface area contributed by atoms with Crippen LogP contribution in [0.2, 0.25) is 0 Å². The summed E-state index contributed by atoms with van der Waals surface area (Å²) in [5.74, 6) is 0.954. The Kier molecular flexibility index (Phi) is 3.33. The highest BCUT2D eigenvalue weighted by Gasteiger charge is 2.16. The minimum atomic E-state index is 0.416. The van der Waals surface area contributed by atoms with Crippen LogP contribution in [0.5, 0.6) is 5.88 Å². The molecule has 0 saturated heterocycles. The van der Waals surface area contributed by atoms with E-state index < -0.39 is 0 Å². The molecule has 0 atom stereocenters. The molecule has 0 aliphatic rings. The van der Waals surface area contributed by atoms with E-state index in [9.17, 15) is 0 Å². The van der Waals surface area contributed by atoms with E-state index in [2.05, 4.69) is 25.9 Å². The third-order valence-electron chi connectivity index (χ3n) is 3.39. The largest absolute Gasteiger partial charge is 0.481 e. The number of aromatic nitrogens is 3. The van der Waals surface area contributed by atoms with E-state index in [4.69, 9.17) is 10.5 Å². The number of nitrogens with two attached hydrogens (primary N) is 1. The number of halogens is 1. The average molecular weight is 347 g/mol. The van der Waals surface area contributed by atoms with Crippen molar-refractivity contribution in [1.29, 1.82) is 0 Å². The minimum Gasteiger partial charge on any atom is -0.481 e. The molecule has 2 heterocycles. The van der Waals surface area contributed by atoms with Crippen molar-refractivity contribution in [3.8, 4) is 11.6 Å². The Morgan fingerprint density at radius 2 is 1.81 bits per heavy atom. The van der Waals surface area contributed by atoms with E-state index in [0.29, 0.717) is 17.5 Å². The van der Waals surface area contributed by atoms with E-state index in [-0.39, 0.29) is 0 Å². The summed E-state index contributed by atoms with van der Waals surface area (Å²) in [5, 5.41) is 0. The first-order chi connectivity index (χ1) is 10.0. The lowest BCUT2D eigenvalue weighted by Gasteiger charge is -2.13. The highest BCUT2D eigenvalue weighted by atomic mass is 79.9. The number of ether oxygens (including phenoxy) is 1. The quantitative estimate of drug-likeness (QED) is 0.772. The van der Waals surface area contributed by atoms with Gasteiger partial charge in [-0.2, -0.15) is 4.98 Å². The van der Waals surface area contributed by atoms with Crippen molar-refractivity contribution in [2.24, 2.45) is 0 Å². The van der Waals surface area contributed by atoms with Crippen molar-refractivity contribution in [2.75, 3.05) is 12.8 Å². The van der Waals surface area contributed by atoms with Gasteiger partial charge in [0.2, 0.25) is 11.8 Å². The monoisotopic (exact) mass is 346 g/mol. The number of imidazole rings is 1. The fourth-order valence-electron chi connectivity index (χ4n) is 2.55. The van der Waals surface area contributed by atoms with E-state index in [1.54, 1.807) is 13.2 Å². The van der Waals surface area contributed by atoms with Crippen molar-refractivity contribution in [3.63, 3.8) is 0 Å². The summed E-state index contributed by atoms with van der Waals surface area (Å²) in [5.41, 5.74) is 10.7. The molecule has 0 fully saturated rings. The van der Waals surface area contributed by atoms with Crippen LogP contribution in [0.3, 0.4) is 0 Å². The lowest BCUT2D eigenvalue weighted by molar-refractivity contribution is 0.399. The molecule has 2 aromatic heterocycles. The second-order valence-corrected chi connectivity index (χ2v) is 5.81. The Bertz CT molecular complexity index is 818. The van der Waals surface area contributed by atoms with Gasteiger partial charge in [-0.05, 0) is 43.2 Å². The van der Waals surface area contributed by atoms with Gasteiger partial charge in [-0.25, -0.2) is 4.98 Å². The van der Waals surface area contributed by atoms with Crippen LogP contribution in [0.4, 0.5) is 5.95 Å². The summed E-state index contributed by atoms with van der Waals surface area (Å²) in [6.07, 6.45) is 0. The maximum atomic E-state index is 6.11. The molecular weight excluding hydrogens is 332 g/mol. The standard InChI is InChI=1S/C15H15BrN4O/c1-8-6-10(16)7-9(2)13(8)20-14-11(18-15(20)17)4-5-12(19-14)21-3/h4-7H,1-3H3,(H2,17,18). The Morgan fingerprint density at radius 1 is 1.14 bits per heavy atom. The minimum absolute atomic E-state index is 0.416. The number of fused-ring (bicyclic) bond motifs is 1. The van der Waals surface area contributed by atoms with Gasteiger partial charge in [0, 0.05) is 10.5 Å². The Hall–Kier alpha value is -2.08. The maximum Gasteiger partial charge on any atom is 0.215 e. The summed E-state index contributed by atoms with van der Waals surface area (Å²) < 4.78 is 8.11. The fraction of sp³-hybridized carbons (Fsp3) is 0.200. The SMILES string of the molecule is COc1ccc2nc(N)n(-c3c(C)cc(Br)cc3C)c2n1. The van der Waals surface area contributed by atoms with Gasteiger partial charge in [0.05, 0.1) is 12.8 Å². The lowest BCUT2D eigenvalue weighted by Crippen LogP contribution is -2.05. The molecule has 2 N–H and O–H groups in total. The molecular formula is C15H15BrN4O. The van der Waals surface area contributed by atoms with Crippen LogP contribution in [0.25, 0.3) is 16.9 Å². The number of hydrogen-bond acceptors (Lipinski definition) is 4. The van der Waals surface area contributed by atoms with Crippen LogP contribution in [-0.2, 0) is 0 Å². The van der Waals surface area contributed by atoms with Gasteiger partial charge in [-0.3, -0.25) is 4.57 Å². The van der Waals surface area contributed by atoms with Gasteiger partial charge in [0.1, 0.15) is 5.52 Å². The molecule has 6 heteroatoms. The van der Waals surface area contributed by atoms with E-state index >= 15 is 0 Å². The zero-order chi connectivity index (χ0) is 15.1. The number of benzene rings is 1. The Labute approximate surface area is 130 Å². The average Bonchev–Trinajstić information content (AvgIpc) is 2.73. The highest BCUT2D eigenvalue weighted by molar-refractivity contribution is 9.10. The molecule has 0 saturated carbocycles. The first-order valence-corrected chi connectivity index (χ1v) is 7.26. The number of hydrogen-bond donors (Lipinski definition) is 1. The van der Waals surface area contributed by atoms with Crippen LogP contribution < -0.4 is 10.5 Å². The Balaban J connectivity index is 2.37. The fourth-order valence-corrected chi connectivity index (χ4v) is 3.23. The topological polar surface area (TPSA) is 66.0 Å². The van der Waals surface area contributed by atoms with Gasteiger partial charge in [-0.15, -0.1) is 0 Å². The number of anilines is 1. The zero-order valence-corrected chi connectivity index (χ0v) is 13.6. The molecule has 0 aliphatic heterocycles. The van der Waals surface area contributed by atoms with E-state index in [1.807, 2.05) is 36.6 Å². The summed E-state index contributed by atoms with van der Waals surface area (Å²) >= 11 is 3.51. The zero-order valence-electron chi connectivity index (χ0n) is 12.0. The molecule has 0 amide bonds. The number of aryl methyl sites for hydroxylation is 2. The third-order valence-corrected chi connectivity index (χ3v) is 3.85. The van der Waals surface area contributed by atoms with Gasteiger partial charge in [-0.1, -0.05) is 15.9 Å². The number of nitrogens with zero attached hydrogens (tertiary/aromatic N) is 3. The van der Waals surface area contributed by atoms with E-state index in [1.165, 1.54) is 0 Å². The second-order valence-electron chi connectivity index (χ2n) is 4.89. The van der Waals surface area contributed by atoms with Crippen molar-refractivity contribution in [2.45, 2.75) is 13.8 Å². The van der Waals surface area contributed by atoms with Crippen molar-refractivity contribution in [1.82, 2.24) is 14.5 Å². The van der Waals surface area contributed by atoms with Crippen molar-refractivity contribution in [3.05, 3.63) is 39.9 Å². The number of rotatable bonds is 2. The first-order valence-electron chi connectivity index (χ1n) is 6.47. The van der Waals surface area contributed by atoms with Crippen LogP contribution in [0.1, 0.15) is 11.1 Å². The molecule has 0 aliphatic carbocycles. The number of nitrogen functional groups attached to an aromatic ring is 1. The molecule has 3 rings (SSSR count). The predicted molar refractivity (Wildman–Crippen MR) is 87.0 cm³/mol. The third kappa shape index (κ3) is 2.25. The Morgan fingerprint density at radius 3 is 2.43 bits per heavy atom. The smallest absolute Gasteiger partial charge is 0.215 e. The highest BCUT2D eigenvalue weighted by Crippen LogP contribution is 2.30. The summed E-state index contributed by atoms with van der Waals surface area (Å²) in [4.78, 5) is 8.86. The lowest BCUT2D eigenvalue weighted by atomic mass is 10.1. The molecule has 3 aromatic rings. The van der Waals surface area contributed by atoms with Crippen molar-refractivity contribution < 1.29 is 4.74 Å². The normalized spacial score (nSPS) is 11.0.